The Morgan fingerprint density at radius 3 is 1.91 bits per heavy atom. The van der Waals surface area contributed by atoms with Crippen LogP contribution in [0, 0.1) is 0 Å². The number of aryl methyl sites for hydroxylation is 1. The van der Waals surface area contributed by atoms with Crippen molar-refractivity contribution in [2.75, 3.05) is 0 Å². The largest absolute Gasteiger partial charge is 1.00 e. The van der Waals surface area contributed by atoms with Gasteiger partial charge in [0, 0.05) is 0 Å². The molecule has 2 aromatic carbocycles. The van der Waals surface area contributed by atoms with Gasteiger partial charge < -0.3 is 1.43 Å². The van der Waals surface area contributed by atoms with Gasteiger partial charge in [0.25, 0.3) is 0 Å². The Morgan fingerprint density at radius 2 is 1.22 bits per heavy atom. The third kappa shape index (κ3) is 7.88. The Labute approximate surface area is 166 Å². The Balaban J connectivity index is 0.00000264. The van der Waals surface area contributed by atoms with Crippen molar-refractivity contribution in [1.82, 2.24) is 0 Å². The van der Waals surface area contributed by atoms with Gasteiger partial charge in [-0.2, -0.15) is 0 Å². The number of benzene rings is 2. The normalized spacial score (nSPS) is 10.7. The molecule has 0 N–H and O–H groups in total. The van der Waals surface area contributed by atoms with Gasteiger partial charge in [0.1, 0.15) is 0 Å². The zero-order chi connectivity index (χ0) is 15.5. The van der Waals surface area contributed by atoms with Crippen molar-refractivity contribution in [3.05, 3.63) is 48.0 Å². The predicted octanol–water partition coefficient (Wildman–Crippen LogP) is 4.42. The first-order valence-electron chi connectivity index (χ1n) is 9.38. The Bertz CT molecular complexity index is 533. The van der Waals surface area contributed by atoms with E-state index in [1.807, 2.05) is 0 Å². The molecule has 0 heterocycles. The summed E-state index contributed by atoms with van der Waals surface area (Å²) in [5.74, 6) is 0. The first kappa shape index (κ1) is 20.7. The van der Waals surface area contributed by atoms with E-state index in [0.29, 0.717) is 0 Å². The van der Waals surface area contributed by atoms with E-state index in [1.54, 1.807) is 0 Å². The second kappa shape index (κ2) is 13.0. The van der Waals surface area contributed by atoms with Crippen molar-refractivity contribution in [2.45, 2.75) is 77.6 Å². The molecule has 0 nitrogen and oxygen atoms in total. The Hall–Kier alpha value is -0.300. The van der Waals surface area contributed by atoms with E-state index in [4.69, 9.17) is 0 Å². The second-order valence-electron chi connectivity index (χ2n) is 6.57. The molecule has 0 aromatic heterocycles. The Morgan fingerprint density at radius 1 is 0.652 bits per heavy atom. The monoisotopic (exact) mass is 320 g/mol. The van der Waals surface area contributed by atoms with Crippen molar-refractivity contribution < 1.29 is 31.0 Å². The summed E-state index contributed by atoms with van der Waals surface area (Å²) in [6, 6.07) is 15.5. The molecule has 0 fully saturated rings. The molecule has 1 heteroatoms. The number of fused-ring (bicyclic) bond motifs is 1. The van der Waals surface area contributed by atoms with E-state index in [9.17, 15) is 0 Å². The maximum atomic E-state index is 2.30. The molecule has 0 saturated heterocycles. The molecule has 0 radical (unpaired) electrons. The third-order valence-corrected chi connectivity index (χ3v) is 4.68. The SMILES string of the molecule is CCCCCCCCCCCCc1cccc2ccccc12.[H-].[Na+]. The molecule has 2 rings (SSSR count). The smallest absolute Gasteiger partial charge is 1.00 e. The van der Waals surface area contributed by atoms with Gasteiger partial charge in [-0.05, 0) is 29.2 Å². The van der Waals surface area contributed by atoms with E-state index in [1.165, 1.54) is 87.0 Å². The Kier molecular flexibility index (Phi) is 11.8. The van der Waals surface area contributed by atoms with Gasteiger partial charge in [-0.3, -0.25) is 0 Å². The van der Waals surface area contributed by atoms with Crippen LogP contribution in [0.1, 0.15) is 78.1 Å². The van der Waals surface area contributed by atoms with Crippen LogP contribution in [0.2, 0.25) is 0 Å². The van der Waals surface area contributed by atoms with Gasteiger partial charge in [0.05, 0.1) is 0 Å². The van der Waals surface area contributed by atoms with E-state index in [2.05, 4.69) is 49.4 Å². The first-order valence-corrected chi connectivity index (χ1v) is 9.38. The standard InChI is InChI=1S/C22H32.Na.H/c1-2-3-4-5-6-7-8-9-10-11-15-20-17-14-18-21-16-12-13-19-22(20)21;;/h12-14,16-19H,2-11,15H2,1H3;;/q;+1;-1. The average molecular weight is 320 g/mol. The zero-order valence-corrected chi connectivity index (χ0v) is 17.3. The molecule has 0 aliphatic carbocycles. The van der Waals surface area contributed by atoms with Gasteiger partial charge >= 0.3 is 29.6 Å². The first-order chi connectivity index (χ1) is 10.9. The van der Waals surface area contributed by atoms with Crippen molar-refractivity contribution in [2.24, 2.45) is 0 Å². The minimum atomic E-state index is 0. The van der Waals surface area contributed by atoms with Crippen molar-refractivity contribution >= 4 is 10.8 Å². The van der Waals surface area contributed by atoms with E-state index < -0.39 is 0 Å². The molecule has 0 spiro atoms. The van der Waals surface area contributed by atoms with Crippen LogP contribution in [-0.2, 0) is 6.42 Å². The second-order valence-corrected chi connectivity index (χ2v) is 6.57. The van der Waals surface area contributed by atoms with E-state index >= 15 is 0 Å². The van der Waals surface area contributed by atoms with Crippen LogP contribution < -0.4 is 29.6 Å². The van der Waals surface area contributed by atoms with Crippen LogP contribution in [0.3, 0.4) is 0 Å². The molecule has 0 aliphatic rings. The van der Waals surface area contributed by atoms with Crippen LogP contribution in [0.15, 0.2) is 42.5 Å². The molecule has 0 bridgehead atoms. The van der Waals surface area contributed by atoms with Gasteiger partial charge in [-0.1, -0.05) is 107 Å². The number of rotatable bonds is 11. The quantitative estimate of drug-likeness (QED) is 0.425. The molecule has 0 unspecified atom stereocenters. The average Bonchev–Trinajstić information content (AvgIpc) is 2.56. The summed E-state index contributed by atoms with van der Waals surface area (Å²) in [6.45, 7) is 2.29. The summed E-state index contributed by atoms with van der Waals surface area (Å²) in [5, 5.41) is 2.83. The molecule has 23 heavy (non-hydrogen) atoms. The maximum Gasteiger partial charge on any atom is 1.00 e. The summed E-state index contributed by atoms with van der Waals surface area (Å²) in [6.07, 6.45) is 15.4. The van der Waals surface area contributed by atoms with E-state index in [-0.39, 0.29) is 31.0 Å². The van der Waals surface area contributed by atoms with Crippen LogP contribution in [0.5, 0.6) is 0 Å². The zero-order valence-electron chi connectivity index (χ0n) is 16.3. The molecule has 0 atom stereocenters. The van der Waals surface area contributed by atoms with Crippen molar-refractivity contribution in [3.8, 4) is 0 Å². The van der Waals surface area contributed by atoms with Crippen molar-refractivity contribution in [3.63, 3.8) is 0 Å². The van der Waals surface area contributed by atoms with Gasteiger partial charge in [0.2, 0.25) is 0 Å². The van der Waals surface area contributed by atoms with Gasteiger partial charge in [-0.25, -0.2) is 0 Å². The summed E-state index contributed by atoms with van der Waals surface area (Å²) < 4.78 is 0. The summed E-state index contributed by atoms with van der Waals surface area (Å²) in [7, 11) is 0. The molecule has 0 amide bonds. The van der Waals surface area contributed by atoms with Crippen LogP contribution >= 0.6 is 0 Å². The predicted molar refractivity (Wildman–Crippen MR) is 101 cm³/mol. The van der Waals surface area contributed by atoms with Crippen LogP contribution in [0.25, 0.3) is 10.8 Å². The minimum Gasteiger partial charge on any atom is -1.00 e. The van der Waals surface area contributed by atoms with Crippen molar-refractivity contribution in [1.29, 1.82) is 0 Å². The van der Waals surface area contributed by atoms with Crippen LogP contribution in [0.4, 0.5) is 0 Å². The topological polar surface area (TPSA) is 0 Å². The fourth-order valence-electron chi connectivity index (χ4n) is 3.31. The van der Waals surface area contributed by atoms with Gasteiger partial charge in [-0.15, -0.1) is 0 Å². The molecule has 122 valence electrons. The molecule has 0 aliphatic heterocycles. The molecular formula is C22H33Na. The number of hydrogen-bond acceptors (Lipinski definition) is 0. The minimum absolute atomic E-state index is 0. The van der Waals surface area contributed by atoms with Crippen LogP contribution in [-0.4, -0.2) is 0 Å². The summed E-state index contributed by atoms with van der Waals surface area (Å²) in [5.41, 5.74) is 1.53. The molecular weight excluding hydrogens is 287 g/mol. The molecule has 0 saturated carbocycles. The number of unbranched alkanes of at least 4 members (excludes halogenated alkanes) is 9. The fourth-order valence-corrected chi connectivity index (χ4v) is 3.31. The summed E-state index contributed by atoms with van der Waals surface area (Å²) >= 11 is 0. The van der Waals surface area contributed by atoms with E-state index in [0.717, 1.165) is 0 Å². The number of hydrogen-bond donors (Lipinski definition) is 0. The maximum absolute atomic E-state index is 2.30. The molecule has 2 aromatic rings. The third-order valence-electron chi connectivity index (χ3n) is 4.68. The summed E-state index contributed by atoms with van der Waals surface area (Å²) in [4.78, 5) is 0. The van der Waals surface area contributed by atoms with Gasteiger partial charge in [0.15, 0.2) is 0 Å². The fraction of sp³-hybridized carbons (Fsp3) is 0.545.